The molecule has 6 nitrogen and oxygen atoms in total. The van der Waals surface area contributed by atoms with Crippen molar-refractivity contribution in [3.05, 3.63) is 12.4 Å². The van der Waals surface area contributed by atoms with Crippen molar-refractivity contribution in [2.24, 2.45) is 11.8 Å². The molecule has 3 unspecified atom stereocenters. The van der Waals surface area contributed by atoms with E-state index in [2.05, 4.69) is 28.5 Å². The van der Waals surface area contributed by atoms with E-state index in [1.54, 1.807) is 0 Å². The summed E-state index contributed by atoms with van der Waals surface area (Å²) in [5.41, 5.74) is 5.35. The van der Waals surface area contributed by atoms with Crippen LogP contribution in [0.1, 0.15) is 33.1 Å². The molecular weight excluding hydrogens is 264 g/mol. The summed E-state index contributed by atoms with van der Waals surface area (Å²) in [6, 6.07) is -0.0150. The van der Waals surface area contributed by atoms with Crippen LogP contribution in [0.2, 0.25) is 0 Å². The molecule has 0 amide bonds. The van der Waals surface area contributed by atoms with Crippen LogP contribution in [0.5, 0.6) is 0 Å². The molecular formula is C12H20N4O2S. The monoisotopic (exact) mass is 284 g/mol. The molecule has 106 valence electrons. The van der Waals surface area contributed by atoms with E-state index in [9.17, 15) is 8.42 Å². The first-order chi connectivity index (χ1) is 8.88. The van der Waals surface area contributed by atoms with Crippen molar-refractivity contribution in [1.82, 2.24) is 14.7 Å². The van der Waals surface area contributed by atoms with Crippen LogP contribution in [0, 0.1) is 11.8 Å². The van der Waals surface area contributed by atoms with Gasteiger partial charge in [0, 0.05) is 6.04 Å². The lowest BCUT2D eigenvalue weighted by Gasteiger charge is -2.32. The van der Waals surface area contributed by atoms with Gasteiger partial charge < -0.3 is 5.73 Å². The molecule has 0 aromatic carbocycles. The first kappa shape index (κ1) is 14.2. The van der Waals surface area contributed by atoms with Gasteiger partial charge in [0.25, 0.3) is 0 Å². The van der Waals surface area contributed by atoms with E-state index in [-0.39, 0.29) is 16.9 Å². The van der Waals surface area contributed by atoms with Gasteiger partial charge in [0.1, 0.15) is 4.90 Å². The first-order valence-corrected chi connectivity index (χ1v) is 7.96. The fourth-order valence-corrected chi connectivity index (χ4v) is 3.84. The molecule has 1 heterocycles. The number of anilines is 1. The molecule has 19 heavy (non-hydrogen) atoms. The Bertz CT molecular complexity index is 529. The molecule has 1 aliphatic carbocycles. The summed E-state index contributed by atoms with van der Waals surface area (Å²) >= 11 is 0. The summed E-state index contributed by atoms with van der Waals surface area (Å²) in [6.45, 7) is 4.29. The Morgan fingerprint density at radius 3 is 2.47 bits per heavy atom. The largest absolute Gasteiger partial charge is 0.368 e. The number of hydrogen-bond donors (Lipinski definition) is 2. The minimum absolute atomic E-state index is 0.0150. The van der Waals surface area contributed by atoms with Gasteiger partial charge >= 0.3 is 0 Å². The SMILES string of the molecule is CC1CCC(NS(=O)(=O)c2cnc(N)nc2)C(C)C1. The van der Waals surface area contributed by atoms with Crippen LogP contribution < -0.4 is 10.5 Å². The number of nitrogen functional groups attached to an aromatic ring is 1. The maximum Gasteiger partial charge on any atom is 0.243 e. The zero-order chi connectivity index (χ0) is 14.0. The van der Waals surface area contributed by atoms with Crippen LogP contribution in [0.4, 0.5) is 5.95 Å². The van der Waals surface area contributed by atoms with Gasteiger partial charge in [0.05, 0.1) is 12.4 Å². The molecule has 0 saturated heterocycles. The third-order valence-corrected chi connectivity index (χ3v) is 5.14. The van der Waals surface area contributed by atoms with Crippen LogP contribution in [-0.2, 0) is 10.0 Å². The number of aromatic nitrogens is 2. The molecule has 3 N–H and O–H groups in total. The standard InChI is InChI=1S/C12H20N4O2S/c1-8-3-4-11(9(2)5-8)16-19(17,18)10-6-14-12(13)15-7-10/h6-9,11,16H,3-5H2,1-2H3,(H2,13,14,15). The highest BCUT2D eigenvalue weighted by atomic mass is 32.2. The molecule has 1 fully saturated rings. The molecule has 0 bridgehead atoms. The summed E-state index contributed by atoms with van der Waals surface area (Å²) < 4.78 is 27.2. The minimum Gasteiger partial charge on any atom is -0.368 e. The number of rotatable bonds is 3. The van der Waals surface area contributed by atoms with Gasteiger partial charge in [-0.2, -0.15) is 0 Å². The van der Waals surface area contributed by atoms with Crippen LogP contribution in [0.25, 0.3) is 0 Å². The summed E-state index contributed by atoms with van der Waals surface area (Å²) in [6.07, 6.45) is 5.44. The molecule has 1 aliphatic rings. The summed E-state index contributed by atoms with van der Waals surface area (Å²) in [4.78, 5) is 7.50. The summed E-state index contributed by atoms with van der Waals surface area (Å²) in [7, 11) is -3.56. The molecule has 7 heteroatoms. The van der Waals surface area contributed by atoms with Gasteiger partial charge in [0.15, 0.2) is 0 Å². The number of hydrogen-bond acceptors (Lipinski definition) is 5. The summed E-state index contributed by atoms with van der Waals surface area (Å²) in [5, 5.41) is 0. The second-order valence-electron chi connectivity index (χ2n) is 5.40. The first-order valence-electron chi connectivity index (χ1n) is 6.48. The third kappa shape index (κ3) is 3.42. The van der Waals surface area contributed by atoms with Crippen LogP contribution in [0.15, 0.2) is 17.3 Å². The highest BCUT2D eigenvalue weighted by Gasteiger charge is 2.29. The highest BCUT2D eigenvalue weighted by molar-refractivity contribution is 7.89. The van der Waals surface area contributed by atoms with E-state index in [4.69, 9.17) is 5.73 Å². The highest BCUT2D eigenvalue weighted by Crippen LogP contribution is 2.29. The lowest BCUT2D eigenvalue weighted by molar-refractivity contribution is 0.249. The average molecular weight is 284 g/mol. The Hall–Kier alpha value is -1.21. The van der Waals surface area contributed by atoms with E-state index in [1.807, 2.05) is 0 Å². The van der Waals surface area contributed by atoms with Crippen molar-refractivity contribution in [3.8, 4) is 0 Å². The molecule has 1 aromatic heterocycles. The molecule has 0 radical (unpaired) electrons. The fraction of sp³-hybridized carbons (Fsp3) is 0.667. The minimum atomic E-state index is -3.56. The number of sulfonamides is 1. The smallest absolute Gasteiger partial charge is 0.243 e. The van der Waals surface area contributed by atoms with Gasteiger partial charge in [-0.25, -0.2) is 23.1 Å². The average Bonchev–Trinajstić information content (AvgIpc) is 2.33. The number of nitrogens with one attached hydrogen (secondary N) is 1. The van der Waals surface area contributed by atoms with Gasteiger partial charge in [0.2, 0.25) is 16.0 Å². The maximum atomic E-state index is 12.2. The zero-order valence-electron chi connectivity index (χ0n) is 11.2. The van der Waals surface area contributed by atoms with E-state index >= 15 is 0 Å². The van der Waals surface area contributed by atoms with E-state index in [1.165, 1.54) is 12.4 Å². The molecule has 3 atom stereocenters. The van der Waals surface area contributed by atoms with Crippen molar-refractivity contribution in [2.45, 2.75) is 44.0 Å². The topological polar surface area (TPSA) is 98.0 Å². The van der Waals surface area contributed by atoms with Gasteiger partial charge in [-0.3, -0.25) is 0 Å². The van der Waals surface area contributed by atoms with Crippen molar-refractivity contribution in [2.75, 3.05) is 5.73 Å². The van der Waals surface area contributed by atoms with E-state index < -0.39 is 10.0 Å². The second kappa shape index (κ2) is 5.42. The molecule has 1 saturated carbocycles. The maximum absolute atomic E-state index is 12.2. The number of nitrogens with two attached hydrogens (primary N) is 1. The van der Waals surface area contributed by atoms with Crippen LogP contribution in [0.3, 0.4) is 0 Å². The van der Waals surface area contributed by atoms with Crippen molar-refractivity contribution in [3.63, 3.8) is 0 Å². The molecule has 0 spiro atoms. The van der Waals surface area contributed by atoms with Crippen molar-refractivity contribution < 1.29 is 8.42 Å². The van der Waals surface area contributed by atoms with Crippen molar-refractivity contribution >= 4 is 16.0 Å². The van der Waals surface area contributed by atoms with Crippen LogP contribution in [-0.4, -0.2) is 24.4 Å². The Morgan fingerprint density at radius 2 is 1.89 bits per heavy atom. The second-order valence-corrected chi connectivity index (χ2v) is 7.11. The Morgan fingerprint density at radius 1 is 1.26 bits per heavy atom. The fourth-order valence-electron chi connectivity index (χ4n) is 2.57. The lowest BCUT2D eigenvalue weighted by Crippen LogP contribution is -2.42. The molecule has 0 aliphatic heterocycles. The molecule has 2 rings (SSSR count). The van der Waals surface area contributed by atoms with E-state index in [0.29, 0.717) is 11.8 Å². The van der Waals surface area contributed by atoms with Gasteiger partial charge in [-0.1, -0.05) is 13.8 Å². The summed E-state index contributed by atoms with van der Waals surface area (Å²) in [5.74, 6) is 1.07. The number of nitrogens with zero attached hydrogens (tertiary/aromatic N) is 2. The van der Waals surface area contributed by atoms with Gasteiger partial charge in [-0.05, 0) is 31.1 Å². The quantitative estimate of drug-likeness (QED) is 0.868. The predicted molar refractivity (Wildman–Crippen MR) is 72.7 cm³/mol. The third-order valence-electron chi connectivity index (χ3n) is 3.70. The van der Waals surface area contributed by atoms with E-state index in [0.717, 1.165) is 19.3 Å². The molecule has 1 aromatic rings. The normalized spacial score (nSPS) is 28.2. The lowest BCUT2D eigenvalue weighted by atomic mass is 9.80. The van der Waals surface area contributed by atoms with Gasteiger partial charge in [-0.15, -0.1) is 0 Å². The van der Waals surface area contributed by atoms with Crippen molar-refractivity contribution in [1.29, 1.82) is 0 Å². The Kier molecular flexibility index (Phi) is 4.05. The Balaban J connectivity index is 2.11. The van der Waals surface area contributed by atoms with Crippen LogP contribution >= 0.6 is 0 Å². The predicted octanol–water partition coefficient (Wildman–Crippen LogP) is 1.16. The Labute approximate surface area is 113 Å². The zero-order valence-corrected chi connectivity index (χ0v) is 12.0.